The van der Waals surface area contributed by atoms with Gasteiger partial charge in [0.1, 0.15) is 0 Å². The number of unbranched alkanes of at least 4 members (excludes halogenated alkanes) is 10. The van der Waals surface area contributed by atoms with Crippen LogP contribution < -0.4 is 0 Å². The van der Waals surface area contributed by atoms with Crippen LogP contribution in [0.4, 0.5) is 0 Å². The summed E-state index contributed by atoms with van der Waals surface area (Å²) in [4.78, 5) is 0. The van der Waals surface area contributed by atoms with Gasteiger partial charge in [0.2, 0.25) is 0 Å². The third-order valence-electron chi connectivity index (χ3n) is 2.52. The molecule has 0 aromatic heterocycles. The van der Waals surface area contributed by atoms with E-state index in [0.29, 0.717) is 0 Å². The summed E-state index contributed by atoms with van der Waals surface area (Å²) in [5.74, 6) is 0. The van der Waals surface area contributed by atoms with Crippen LogP contribution in [0.25, 0.3) is 0 Å². The normalized spacial score (nSPS) is 10.3. The molecule has 0 saturated heterocycles. The Labute approximate surface area is 85.1 Å². The predicted molar refractivity (Wildman–Crippen MR) is 61.8 cm³/mol. The Morgan fingerprint density at radius 1 is 0.615 bits per heavy atom. The lowest BCUT2D eigenvalue weighted by Gasteiger charge is -1.94. The van der Waals surface area contributed by atoms with Crippen molar-refractivity contribution in [1.82, 2.24) is 0 Å². The summed E-state index contributed by atoms with van der Waals surface area (Å²) >= 11 is 0. The highest BCUT2D eigenvalue weighted by Crippen LogP contribution is 2.09. The second kappa shape index (κ2) is 11.9. The molecule has 0 amide bonds. The highest BCUT2D eigenvalue weighted by Gasteiger charge is 1.98. The molecule has 0 N–H and O–H groups in total. The van der Waals surface area contributed by atoms with Crippen LogP contribution in [-0.2, 0) is 0 Å². The van der Waals surface area contributed by atoms with E-state index < -0.39 is 0 Å². The first-order valence-corrected chi connectivity index (χ1v) is 6.23. The van der Waals surface area contributed by atoms with E-state index >= 15 is 0 Å². The molecule has 0 saturated carbocycles. The maximum atomic E-state index is 2.49. The van der Waals surface area contributed by atoms with Gasteiger partial charge < -0.3 is 0 Å². The van der Waals surface area contributed by atoms with Crippen molar-refractivity contribution < 1.29 is 0 Å². The minimum absolute atomic E-state index is 1.35. The van der Waals surface area contributed by atoms with E-state index in [0.717, 1.165) is 0 Å². The Bertz CT molecular complexity index is 66.1. The predicted octanol–water partition coefficient (Wildman–Crippen LogP) is 5.13. The second-order valence-electron chi connectivity index (χ2n) is 3.99. The number of rotatable bonds is 10. The van der Waals surface area contributed by atoms with Gasteiger partial charge >= 0.3 is 0 Å². The maximum absolute atomic E-state index is 2.49. The van der Waals surface area contributed by atoms with E-state index in [1.807, 2.05) is 0 Å². The molecular weight excluding hydrogens is 156 g/mol. The lowest BCUT2D eigenvalue weighted by atomic mass is 10.1. The van der Waals surface area contributed by atoms with Gasteiger partial charge in [-0.05, 0) is 25.7 Å². The third kappa shape index (κ3) is 11.9. The molecule has 0 nitrogen and oxygen atoms in total. The van der Waals surface area contributed by atoms with E-state index in [4.69, 9.17) is 0 Å². The fourth-order valence-electron chi connectivity index (χ4n) is 1.58. The standard InChI is InChI=1S/C13H27/c1-3-5-7-9-11-13-12-10-8-6-4-2/h13H,3-12H2,1-2H3/q+1. The van der Waals surface area contributed by atoms with Gasteiger partial charge in [0.15, 0.2) is 0 Å². The van der Waals surface area contributed by atoms with Crippen LogP contribution in [0.5, 0.6) is 0 Å². The molecule has 0 bridgehead atoms. The molecule has 0 heteroatoms. The van der Waals surface area contributed by atoms with Gasteiger partial charge in [-0.3, -0.25) is 0 Å². The average molecular weight is 183 g/mol. The summed E-state index contributed by atoms with van der Waals surface area (Å²) in [6, 6.07) is 0. The van der Waals surface area contributed by atoms with E-state index in [-0.39, 0.29) is 0 Å². The van der Waals surface area contributed by atoms with Crippen molar-refractivity contribution in [2.45, 2.75) is 78.1 Å². The van der Waals surface area contributed by atoms with Gasteiger partial charge in [-0.25, -0.2) is 0 Å². The molecular formula is C13H27+. The molecule has 0 aliphatic rings. The second-order valence-corrected chi connectivity index (χ2v) is 3.99. The van der Waals surface area contributed by atoms with E-state index in [1.165, 1.54) is 64.2 Å². The average Bonchev–Trinajstić information content (AvgIpc) is 2.16. The summed E-state index contributed by atoms with van der Waals surface area (Å²) < 4.78 is 0. The SMILES string of the molecule is CCCCCC[CH+]CCCCCC. The maximum Gasteiger partial charge on any atom is 0.0875 e. The van der Waals surface area contributed by atoms with Gasteiger partial charge in [-0.15, -0.1) is 0 Å². The van der Waals surface area contributed by atoms with Gasteiger partial charge in [0, 0.05) is 0 Å². The Morgan fingerprint density at radius 3 is 1.46 bits per heavy atom. The van der Waals surface area contributed by atoms with Crippen LogP contribution in [0, 0.1) is 6.42 Å². The van der Waals surface area contributed by atoms with Crippen molar-refractivity contribution in [3.63, 3.8) is 0 Å². The highest BCUT2D eigenvalue weighted by atomic mass is 14.0. The molecule has 0 aliphatic heterocycles. The highest BCUT2D eigenvalue weighted by molar-refractivity contribution is 4.64. The Hall–Kier alpha value is -0.130. The Morgan fingerprint density at radius 2 is 1.08 bits per heavy atom. The van der Waals surface area contributed by atoms with E-state index in [9.17, 15) is 0 Å². The number of hydrogen-bond donors (Lipinski definition) is 0. The molecule has 0 rings (SSSR count). The molecule has 0 aromatic rings. The molecule has 13 heavy (non-hydrogen) atoms. The van der Waals surface area contributed by atoms with Gasteiger partial charge in [0.05, 0.1) is 19.3 Å². The van der Waals surface area contributed by atoms with Crippen LogP contribution in [0.2, 0.25) is 0 Å². The molecule has 0 heterocycles. The minimum atomic E-state index is 1.35. The van der Waals surface area contributed by atoms with Crippen molar-refractivity contribution >= 4 is 0 Å². The Balaban J connectivity index is 2.76. The minimum Gasteiger partial charge on any atom is -0.0654 e. The summed E-state index contributed by atoms with van der Waals surface area (Å²) in [5, 5.41) is 0. The summed E-state index contributed by atoms with van der Waals surface area (Å²) in [5.41, 5.74) is 0. The van der Waals surface area contributed by atoms with Crippen LogP contribution >= 0.6 is 0 Å². The Kier molecular flexibility index (Phi) is 11.8. The number of hydrogen-bond acceptors (Lipinski definition) is 0. The van der Waals surface area contributed by atoms with Crippen LogP contribution in [0.1, 0.15) is 78.1 Å². The fourth-order valence-corrected chi connectivity index (χ4v) is 1.58. The van der Waals surface area contributed by atoms with Gasteiger partial charge in [-0.1, -0.05) is 39.5 Å². The van der Waals surface area contributed by atoms with Crippen molar-refractivity contribution in [1.29, 1.82) is 0 Å². The van der Waals surface area contributed by atoms with Crippen molar-refractivity contribution in [3.8, 4) is 0 Å². The first-order valence-electron chi connectivity index (χ1n) is 6.23. The monoisotopic (exact) mass is 183 g/mol. The topological polar surface area (TPSA) is 0 Å². The fraction of sp³-hybridized carbons (Fsp3) is 0.923. The summed E-state index contributed by atoms with van der Waals surface area (Å²) in [6.07, 6.45) is 16.5. The largest absolute Gasteiger partial charge is 0.0875 e. The van der Waals surface area contributed by atoms with Gasteiger partial charge in [0.25, 0.3) is 0 Å². The zero-order chi connectivity index (χ0) is 9.78. The first-order chi connectivity index (χ1) is 6.41. The lowest BCUT2D eigenvalue weighted by molar-refractivity contribution is 0.621. The molecule has 0 spiro atoms. The van der Waals surface area contributed by atoms with E-state index in [1.54, 1.807) is 0 Å². The third-order valence-corrected chi connectivity index (χ3v) is 2.52. The summed E-state index contributed by atoms with van der Waals surface area (Å²) in [6.45, 7) is 4.54. The van der Waals surface area contributed by atoms with Crippen molar-refractivity contribution in [2.75, 3.05) is 0 Å². The first kappa shape index (κ1) is 12.9. The van der Waals surface area contributed by atoms with Crippen LogP contribution in [0.3, 0.4) is 0 Å². The van der Waals surface area contributed by atoms with Crippen molar-refractivity contribution in [3.05, 3.63) is 6.42 Å². The zero-order valence-corrected chi connectivity index (χ0v) is 9.65. The molecule has 0 aromatic carbocycles. The molecule has 0 fully saturated rings. The quantitative estimate of drug-likeness (QED) is 0.325. The molecule has 0 radical (unpaired) electrons. The molecule has 0 atom stereocenters. The van der Waals surface area contributed by atoms with Crippen LogP contribution in [0.15, 0.2) is 0 Å². The van der Waals surface area contributed by atoms with Gasteiger partial charge in [-0.2, -0.15) is 0 Å². The van der Waals surface area contributed by atoms with Crippen LogP contribution in [-0.4, -0.2) is 0 Å². The summed E-state index contributed by atoms with van der Waals surface area (Å²) in [7, 11) is 0. The van der Waals surface area contributed by atoms with E-state index in [2.05, 4.69) is 20.3 Å². The zero-order valence-electron chi connectivity index (χ0n) is 9.65. The molecule has 0 unspecified atom stereocenters. The molecule has 0 aliphatic carbocycles. The lowest BCUT2D eigenvalue weighted by Crippen LogP contribution is -1.81. The van der Waals surface area contributed by atoms with Crippen molar-refractivity contribution in [2.24, 2.45) is 0 Å². The molecule has 78 valence electrons. The smallest absolute Gasteiger partial charge is 0.0654 e.